The first-order valence-electron chi connectivity index (χ1n) is 4.39. The molecule has 0 aromatic rings. The fourth-order valence-electron chi connectivity index (χ4n) is 1.42. The second-order valence-corrected chi connectivity index (χ2v) is 3.42. The molecule has 0 saturated carbocycles. The number of hydrogen-bond acceptors (Lipinski definition) is 6. The van der Waals surface area contributed by atoms with Crippen LogP contribution in [0.5, 0.6) is 0 Å². The molecule has 0 aromatic carbocycles. The second-order valence-electron chi connectivity index (χ2n) is 3.42. The van der Waals surface area contributed by atoms with Crippen LogP contribution in [0, 0.1) is 0 Å². The molecule has 6 atom stereocenters. The lowest BCUT2D eigenvalue weighted by Gasteiger charge is -2.22. The van der Waals surface area contributed by atoms with Gasteiger partial charge in [-0.05, 0) is 6.92 Å². The van der Waals surface area contributed by atoms with Gasteiger partial charge in [0, 0.05) is 7.11 Å². The Morgan fingerprint density at radius 3 is 2.14 bits per heavy atom. The highest BCUT2D eigenvalue weighted by atomic mass is 16.7. The van der Waals surface area contributed by atoms with E-state index in [4.69, 9.17) is 14.6 Å². The van der Waals surface area contributed by atoms with Crippen LogP contribution in [-0.4, -0.2) is 64.3 Å². The van der Waals surface area contributed by atoms with Crippen molar-refractivity contribution in [2.24, 2.45) is 0 Å². The van der Waals surface area contributed by atoms with Gasteiger partial charge in [0.15, 0.2) is 6.29 Å². The number of methoxy groups -OCH3 is 1. The zero-order valence-corrected chi connectivity index (χ0v) is 8.07. The van der Waals surface area contributed by atoms with Gasteiger partial charge in [-0.15, -0.1) is 0 Å². The first kappa shape index (κ1) is 11.8. The van der Waals surface area contributed by atoms with Crippen molar-refractivity contribution in [3.05, 3.63) is 0 Å². The van der Waals surface area contributed by atoms with Crippen molar-refractivity contribution in [3.8, 4) is 0 Å². The molecule has 0 aliphatic carbocycles. The molecule has 6 heteroatoms. The highest BCUT2D eigenvalue weighted by Crippen LogP contribution is 2.25. The standard InChI is InChI=1S/C8H16O6/c1-3(9)4(10)7-5(11)6(12)8(13-2)14-7/h3-12H,1-2H3. The van der Waals surface area contributed by atoms with Crippen LogP contribution in [0.2, 0.25) is 0 Å². The first-order valence-corrected chi connectivity index (χ1v) is 4.39. The zero-order valence-electron chi connectivity index (χ0n) is 8.07. The lowest BCUT2D eigenvalue weighted by atomic mass is 10.0. The van der Waals surface area contributed by atoms with Gasteiger partial charge in [0.2, 0.25) is 0 Å². The molecule has 0 spiro atoms. The molecule has 1 aliphatic rings. The van der Waals surface area contributed by atoms with Crippen LogP contribution in [0.15, 0.2) is 0 Å². The highest BCUT2D eigenvalue weighted by Gasteiger charge is 2.47. The number of hydrogen-bond donors (Lipinski definition) is 4. The third kappa shape index (κ3) is 2.05. The summed E-state index contributed by atoms with van der Waals surface area (Å²) in [5.41, 5.74) is 0. The Kier molecular flexibility index (Phi) is 3.82. The molecule has 0 aromatic heterocycles. The van der Waals surface area contributed by atoms with E-state index in [1.807, 2.05) is 0 Å². The molecule has 0 amide bonds. The third-order valence-electron chi connectivity index (χ3n) is 2.32. The van der Waals surface area contributed by atoms with Gasteiger partial charge in [-0.25, -0.2) is 0 Å². The normalized spacial score (nSPS) is 42.4. The van der Waals surface area contributed by atoms with Gasteiger partial charge >= 0.3 is 0 Å². The number of aliphatic hydroxyl groups excluding tert-OH is 4. The maximum atomic E-state index is 9.45. The maximum Gasteiger partial charge on any atom is 0.186 e. The van der Waals surface area contributed by atoms with Crippen LogP contribution in [0.1, 0.15) is 6.92 Å². The van der Waals surface area contributed by atoms with E-state index >= 15 is 0 Å². The summed E-state index contributed by atoms with van der Waals surface area (Å²) in [6, 6.07) is 0. The summed E-state index contributed by atoms with van der Waals surface area (Å²) in [5, 5.41) is 37.3. The number of ether oxygens (including phenoxy) is 2. The minimum absolute atomic E-state index is 0.969. The monoisotopic (exact) mass is 208 g/mol. The first-order chi connectivity index (χ1) is 6.49. The van der Waals surface area contributed by atoms with Gasteiger partial charge in [-0.2, -0.15) is 0 Å². The molecule has 6 nitrogen and oxygen atoms in total. The fourth-order valence-corrected chi connectivity index (χ4v) is 1.42. The van der Waals surface area contributed by atoms with Gasteiger partial charge in [-0.3, -0.25) is 0 Å². The second kappa shape index (κ2) is 4.52. The van der Waals surface area contributed by atoms with Crippen LogP contribution in [0.4, 0.5) is 0 Å². The maximum absolute atomic E-state index is 9.45. The predicted molar refractivity (Wildman–Crippen MR) is 45.4 cm³/mol. The number of rotatable bonds is 3. The van der Waals surface area contributed by atoms with E-state index in [1.54, 1.807) is 0 Å². The molecule has 6 unspecified atom stereocenters. The van der Waals surface area contributed by atoms with E-state index in [0.717, 1.165) is 0 Å². The average Bonchev–Trinajstić information content (AvgIpc) is 2.43. The summed E-state index contributed by atoms with van der Waals surface area (Å²) >= 11 is 0. The quantitative estimate of drug-likeness (QED) is 0.421. The van der Waals surface area contributed by atoms with E-state index in [9.17, 15) is 15.3 Å². The lowest BCUT2D eigenvalue weighted by molar-refractivity contribution is -0.173. The van der Waals surface area contributed by atoms with Gasteiger partial charge < -0.3 is 29.9 Å². The lowest BCUT2D eigenvalue weighted by Crippen LogP contribution is -2.43. The van der Waals surface area contributed by atoms with Crippen LogP contribution >= 0.6 is 0 Å². The Morgan fingerprint density at radius 1 is 1.21 bits per heavy atom. The summed E-state index contributed by atoms with van der Waals surface area (Å²) < 4.78 is 9.75. The van der Waals surface area contributed by atoms with Gasteiger partial charge in [0.05, 0.1) is 6.10 Å². The van der Waals surface area contributed by atoms with E-state index in [-0.39, 0.29) is 0 Å². The van der Waals surface area contributed by atoms with E-state index in [0.29, 0.717) is 0 Å². The summed E-state index contributed by atoms with van der Waals surface area (Å²) in [5.74, 6) is 0. The molecular formula is C8H16O6. The molecule has 0 bridgehead atoms. The van der Waals surface area contributed by atoms with Crippen molar-refractivity contribution >= 4 is 0 Å². The Balaban J connectivity index is 2.64. The third-order valence-corrected chi connectivity index (χ3v) is 2.32. The van der Waals surface area contributed by atoms with Gasteiger partial charge in [0.25, 0.3) is 0 Å². The minimum atomic E-state index is -1.26. The Labute approximate surface area is 81.7 Å². The van der Waals surface area contributed by atoms with Crippen molar-refractivity contribution < 1.29 is 29.9 Å². The smallest absolute Gasteiger partial charge is 0.186 e. The predicted octanol–water partition coefficient (Wildman–Crippen LogP) is -2.18. The van der Waals surface area contributed by atoms with Crippen LogP contribution in [-0.2, 0) is 9.47 Å². The Bertz CT molecular complexity index is 185. The Morgan fingerprint density at radius 2 is 1.79 bits per heavy atom. The molecule has 4 N–H and O–H groups in total. The van der Waals surface area contributed by atoms with E-state index in [1.165, 1.54) is 14.0 Å². The molecule has 1 saturated heterocycles. The van der Waals surface area contributed by atoms with E-state index < -0.39 is 36.8 Å². The minimum Gasteiger partial charge on any atom is -0.391 e. The van der Waals surface area contributed by atoms with Gasteiger partial charge in [-0.1, -0.05) is 0 Å². The molecule has 84 valence electrons. The molecule has 0 radical (unpaired) electrons. The summed E-state index contributed by atoms with van der Waals surface area (Å²) in [7, 11) is 1.32. The van der Waals surface area contributed by atoms with Crippen molar-refractivity contribution in [2.75, 3.05) is 7.11 Å². The van der Waals surface area contributed by atoms with Crippen LogP contribution in [0.3, 0.4) is 0 Å². The molecule has 1 aliphatic heterocycles. The van der Waals surface area contributed by atoms with Gasteiger partial charge in [0.1, 0.15) is 24.4 Å². The SMILES string of the molecule is COC1OC(C(O)C(C)O)C(O)C1O. The van der Waals surface area contributed by atoms with Crippen LogP contribution in [0.25, 0.3) is 0 Å². The van der Waals surface area contributed by atoms with Crippen molar-refractivity contribution in [1.82, 2.24) is 0 Å². The average molecular weight is 208 g/mol. The molecule has 14 heavy (non-hydrogen) atoms. The van der Waals surface area contributed by atoms with Crippen molar-refractivity contribution in [2.45, 2.75) is 43.7 Å². The highest BCUT2D eigenvalue weighted by molar-refractivity contribution is 4.92. The van der Waals surface area contributed by atoms with E-state index in [2.05, 4.69) is 0 Å². The van der Waals surface area contributed by atoms with Crippen molar-refractivity contribution in [3.63, 3.8) is 0 Å². The zero-order chi connectivity index (χ0) is 10.9. The molecule has 1 rings (SSSR count). The molecule has 1 heterocycles. The largest absolute Gasteiger partial charge is 0.391 e. The summed E-state index contributed by atoms with van der Waals surface area (Å²) in [6.45, 7) is 1.37. The Hall–Kier alpha value is -0.240. The summed E-state index contributed by atoms with van der Waals surface area (Å²) in [4.78, 5) is 0. The van der Waals surface area contributed by atoms with Crippen molar-refractivity contribution in [1.29, 1.82) is 0 Å². The topological polar surface area (TPSA) is 99.4 Å². The molecule has 1 fully saturated rings. The molecular weight excluding hydrogens is 192 g/mol. The number of aliphatic hydroxyl groups is 4. The van der Waals surface area contributed by atoms with Crippen LogP contribution < -0.4 is 0 Å². The fraction of sp³-hybridized carbons (Fsp3) is 1.00. The summed E-state index contributed by atoms with van der Waals surface area (Å²) in [6.07, 6.45) is -6.77.